The van der Waals surface area contributed by atoms with Gasteiger partial charge in [0.1, 0.15) is 11.5 Å². The first-order chi connectivity index (χ1) is 9.19. The summed E-state index contributed by atoms with van der Waals surface area (Å²) >= 11 is 0. The van der Waals surface area contributed by atoms with Gasteiger partial charge in [0.25, 0.3) is 0 Å². The van der Waals surface area contributed by atoms with E-state index in [9.17, 15) is 5.11 Å². The zero-order valence-electron chi connectivity index (χ0n) is 11.3. The van der Waals surface area contributed by atoms with Gasteiger partial charge in [-0.25, -0.2) is 0 Å². The summed E-state index contributed by atoms with van der Waals surface area (Å²) in [6.45, 7) is 3.59. The number of phenols is 1. The summed E-state index contributed by atoms with van der Waals surface area (Å²) in [5.74, 6) is 1.20. The van der Waals surface area contributed by atoms with Crippen LogP contribution in [0.25, 0.3) is 0 Å². The Morgan fingerprint density at radius 3 is 2.47 bits per heavy atom. The second kappa shape index (κ2) is 6.25. The molecule has 0 aromatic heterocycles. The van der Waals surface area contributed by atoms with E-state index in [2.05, 4.69) is 18.3 Å². The van der Waals surface area contributed by atoms with Crippen LogP contribution in [0.5, 0.6) is 11.5 Å². The molecule has 0 saturated carbocycles. The molecule has 2 rings (SSSR count). The van der Waals surface area contributed by atoms with Crippen molar-refractivity contribution in [2.75, 3.05) is 7.11 Å². The fraction of sp³-hybridized carbons (Fsp3) is 0.250. The van der Waals surface area contributed by atoms with E-state index in [4.69, 9.17) is 4.74 Å². The van der Waals surface area contributed by atoms with Crippen LogP contribution in [0.15, 0.2) is 42.5 Å². The van der Waals surface area contributed by atoms with Gasteiger partial charge in [0.15, 0.2) is 0 Å². The van der Waals surface area contributed by atoms with Crippen LogP contribution in [0, 0.1) is 6.92 Å². The normalized spacial score (nSPS) is 10.4. The van der Waals surface area contributed by atoms with Crippen LogP contribution in [0.4, 0.5) is 0 Å². The molecule has 100 valence electrons. The maximum Gasteiger partial charge on any atom is 0.123 e. The Labute approximate surface area is 113 Å². The zero-order chi connectivity index (χ0) is 13.7. The van der Waals surface area contributed by atoms with E-state index >= 15 is 0 Å². The minimum atomic E-state index is 0.295. The first kappa shape index (κ1) is 13.4. The van der Waals surface area contributed by atoms with Crippen molar-refractivity contribution in [3.8, 4) is 11.5 Å². The number of aromatic hydroxyl groups is 1. The number of aryl methyl sites for hydroxylation is 1. The van der Waals surface area contributed by atoms with Gasteiger partial charge in [0.05, 0.1) is 7.11 Å². The molecule has 0 atom stereocenters. The van der Waals surface area contributed by atoms with Gasteiger partial charge in [-0.1, -0.05) is 29.8 Å². The van der Waals surface area contributed by atoms with Gasteiger partial charge in [-0.2, -0.15) is 0 Å². The van der Waals surface area contributed by atoms with Crippen molar-refractivity contribution in [3.63, 3.8) is 0 Å². The molecule has 0 amide bonds. The average molecular weight is 257 g/mol. The zero-order valence-corrected chi connectivity index (χ0v) is 11.3. The maximum absolute atomic E-state index is 9.22. The quantitative estimate of drug-likeness (QED) is 0.865. The number of phenolic OH excluding ortho intramolecular Hbond substituents is 1. The number of benzene rings is 2. The average Bonchev–Trinajstić information content (AvgIpc) is 2.41. The largest absolute Gasteiger partial charge is 0.508 e. The van der Waals surface area contributed by atoms with E-state index in [0.717, 1.165) is 30.0 Å². The van der Waals surface area contributed by atoms with Crippen molar-refractivity contribution in [2.24, 2.45) is 0 Å². The predicted molar refractivity (Wildman–Crippen MR) is 76.4 cm³/mol. The van der Waals surface area contributed by atoms with E-state index < -0.39 is 0 Å². The number of rotatable bonds is 5. The third-order valence-corrected chi connectivity index (χ3v) is 3.02. The molecule has 0 heterocycles. The lowest BCUT2D eigenvalue weighted by molar-refractivity contribution is 0.407. The van der Waals surface area contributed by atoms with Gasteiger partial charge in [-0.05, 0) is 30.7 Å². The van der Waals surface area contributed by atoms with Gasteiger partial charge >= 0.3 is 0 Å². The van der Waals surface area contributed by atoms with Crippen molar-refractivity contribution >= 4 is 0 Å². The first-order valence-corrected chi connectivity index (χ1v) is 6.31. The maximum atomic E-state index is 9.22. The molecule has 3 heteroatoms. The van der Waals surface area contributed by atoms with E-state index in [1.54, 1.807) is 19.2 Å². The summed E-state index contributed by atoms with van der Waals surface area (Å²) in [6.07, 6.45) is 0. The Morgan fingerprint density at radius 1 is 1.05 bits per heavy atom. The SMILES string of the molecule is COc1ccc(C)cc1CNCc1ccc(O)cc1. The van der Waals surface area contributed by atoms with E-state index in [1.165, 1.54) is 5.56 Å². The van der Waals surface area contributed by atoms with Crippen LogP contribution in [0.1, 0.15) is 16.7 Å². The number of nitrogens with one attached hydrogen (secondary N) is 1. The third-order valence-electron chi connectivity index (χ3n) is 3.02. The lowest BCUT2D eigenvalue weighted by Gasteiger charge is -2.10. The summed E-state index contributed by atoms with van der Waals surface area (Å²) in [5.41, 5.74) is 3.52. The molecule has 2 N–H and O–H groups in total. The number of methoxy groups -OCH3 is 1. The van der Waals surface area contributed by atoms with Crippen molar-refractivity contribution in [2.45, 2.75) is 20.0 Å². The van der Waals surface area contributed by atoms with Crippen LogP contribution >= 0.6 is 0 Å². The molecule has 19 heavy (non-hydrogen) atoms. The van der Waals surface area contributed by atoms with Gasteiger partial charge < -0.3 is 15.2 Å². The topological polar surface area (TPSA) is 41.5 Å². The van der Waals surface area contributed by atoms with Crippen LogP contribution < -0.4 is 10.1 Å². The van der Waals surface area contributed by atoms with Crippen LogP contribution in [0.3, 0.4) is 0 Å². The van der Waals surface area contributed by atoms with Crippen LogP contribution in [0.2, 0.25) is 0 Å². The summed E-state index contributed by atoms with van der Waals surface area (Å²) in [4.78, 5) is 0. The summed E-state index contributed by atoms with van der Waals surface area (Å²) in [6, 6.07) is 13.4. The molecular weight excluding hydrogens is 238 g/mol. The summed E-state index contributed by atoms with van der Waals surface area (Å²) in [5, 5.41) is 12.6. The number of ether oxygens (including phenoxy) is 1. The van der Waals surface area contributed by atoms with E-state index in [-0.39, 0.29) is 0 Å². The van der Waals surface area contributed by atoms with Crippen molar-refractivity contribution in [1.82, 2.24) is 5.32 Å². The third kappa shape index (κ3) is 3.73. The second-order valence-corrected chi connectivity index (χ2v) is 4.59. The standard InChI is InChI=1S/C16H19NO2/c1-12-3-8-16(19-2)14(9-12)11-17-10-13-4-6-15(18)7-5-13/h3-9,17-18H,10-11H2,1-2H3. The molecule has 0 aliphatic rings. The number of hydrogen-bond donors (Lipinski definition) is 2. The molecule has 0 unspecified atom stereocenters. The Kier molecular flexibility index (Phi) is 4.42. The summed E-state index contributed by atoms with van der Waals surface area (Å²) < 4.78 is 5.35. The lowest BCUT2D eigenvalue weighted by atomic mass is 10.1. The van der Waals surface area contributed by atoms with Crippen molar-refractivity contribution in [1.29, 1.82) is 0 Å². The van der Waals surface area contributed by atoms with Crippen molar-refractivity contribution in [3.05, 3.63) is 59.2 Å². The van der Waals surface area contributed by atoms with E-state index in [0.29, 0.717) is 5.75 Å². The number of hydrogen-bond acceptors (Lipinski definition) is 3. The second-order valence-electron chi connectivity index (χ2n) is 4.59. The molecule has 2 aromatic rings. The Balaban J connectivity index is 1.95. The highest BCUT2D eigenvalue weighted by molar-refractivity contribution is 5.36. The smallest absolute Gasteiger partial charge is 0.123 e. The van der Waals surface area contributed by atoms with Crippen LogP contribution in [-0.2, 0) is 13.1 Å². The van der Waals surface area contributed by atoms with Gasteiger partial charge in [-0.3, -0.25) is 0 Å². The highest BCUT2D eigenvalue weighted by atomic mass is 16.5. The van der Waals surface area contributed by atoms with Crippen molar-refractivity contribution < 1.29 is 9.84 Å². The molecule has 0 fully saturated rings. The molecule has 0 radical (unpaired) electrons. The fourth-order valence-corrected chi connectivity index (χ4v) is 2.00. The minimum Gasteiger partial charge on any atom is -0.508 e. The minimum absolute atomic E-state index is 0.295. The van der Waals surface area contributed by atoms with E-state index in [1.807, 2.05) is 24.3 Å². The molecule has 0 spiro atoms. The Morgan fingerprint density at radius 2 is 1.79 bits per heavy atom. The molecular formula is C16H19NO2. The Hall–Kier alpha value is -2.00. The monoisotopic (exact) mass is 257 g/mol. The Bertz CT molecular complexity index is 535. The molecule has 0 saturated heterocycles. The summed E-state index contributed by atoms with van der Waals surface area (Å²) in [7, 11) is 1.69. The van der Waals surface area contributed by atoms with Gasteiger partial charge in [0.2, 0.25) is 0 Å². The molecule has 3 nitrogen and oxygen atoms in total. The molecule has 0 bridgehead atoms. The molecule has 0 aliphatic carbocycles. The predicted octanol–water partition coefficient (Wildman–Crippen LogP) is 3.00. The lowest BCUT2D eigenvalue weighted by Crippen LogP contribution is -2.13. The van der Waals surface area contributed by atoms with Gasteiger partial charge in [-0.15, -0.1) is 0 Å². The van der Waals surface area contributed by atoms with Gasteiger partial charge in [0, 0.05) is 18.7 Å². The highest BCUT2D eigenvalue weighted by Crippen LogP contribution is 2.19. The first-order valence-electron chi connectivity index (χ1n) is 6.31. The van der Waals surface area contributed by atoms with Crippen LogP contribution in [-0.4, -0.2) is 12.2 Å². The molecule has 2 aromatic carbocycles. The fourth-order valence-electron chi connectivity index (χ4n) is 2.00. The highest BCUT2D eigenvalue weighted by Gasteiger charge is 2.02. The molecule has 0 aliphatic heterocycles.